The second kappa shape index (κ2) is 6.31. The van der Waals surface area contributed by atoms with E-state index in [4.69, 9.17) is 11.0 Å². The number of halogens is 1. The van der Waals surface area contributed by atoms with Crippen molar-refractivity contribution in [2.24, 2.45) is 5.73 Å². The van der Waals surface area contributed by atoms with E-state index in [1.54, 1.807) is 12.3 Å². The van der Waals surface area contributed by atoms with Gasteiger partial charge in [0.15, 0.2) is 0 Å². The van der Waals surface area contributed by atoms with Crippen LogP contribution < -0.4 is 5.73 Å². The highest BCUT2D eigenvalue weighted by Gasteiger charge is 2.09. The Morgan fingerprint density at radius 3 is 2.95 bits per heavy atom. The number of imidazole rings is 1. The zero-order valence-corrected chi connectivity index (χ0v) is 11.4. The van der Waals surface area contributed by atoms with Crippen LogP contribution in [-0.4, -0.2) is 15.6 Å². The van der Waals surface area contributed by atoms with Gasteiger partial charge in [-0.25, -0.2) is 9.37 Å². The Kier molecular flexibility index (Phi) is 4.49. The number of hydrogen-bond acceptors (Lipinski definition) is 3. The van der Waals surface area contributed by atoms with Crippen molar-refractivity contribution in [3.05, 3.63) is 53.4 Å². The van der Waals surface area contributed by atoms with Crippen LogP contribution in [0.1, 0.15) is 30.3 Å². The van der Waals surface area contributed by atoms with E-state index in [9.17, 15) is 4.39 Å². The molecule has 0 saturated heterocycles. The molecule has 0 spiro atoms. The summed E-state index contributed by atoms with van der Waals surface area (Å²) in [6.45, 7) is 2.52. The van der Waals surface area contributed by atoms with E-state index < -0.39 is 5.82 Å². The number of rotatable bonds is 5. The highest BCUT2D eigenvalue weighted by molar-refractivity contribution is 5.33. The number of nitriles is 1. The fourth-order valence-electron chi connectivity index (χ4n) is 2.06. The molecule has 0 saturated carbocycles. The molecule has 2 N–H and O–H groups in total. The van der Waals surface area contributed by atoms with Crippen molar-refractivity contribution in [1.29, 1.82) is 5.26 Å². The first-order valence-electron chi connectivity index (χ1n) is 6.57. The first-order chi connectivity index (χ1) is 9.62. The molecule has 0 aliphatic carbocycles. The number of hydrogen-bond donors (Lipinski definition) is 1. The maximum atomic E-state index is 13.4. The molecule has 1 heterocycles. The molecule has 104 valence electrons. The lowest BCUT2D eigenvalue weighted by atomic mass is 10.1. The minimum atomic E-state index is -0.397. The van der Waals surface area contributed by atoms with Gasteiger partial charge in [0.2, 0.25) is 0 Å². The van der Waals surface area contributed by atoms with E-state index >= 15 is 0 Å². The summed E-state index contributed by atoms with van der Waals surface area (Å²) in [6.07, 6.45) is 5.12. The van der Waals surface area contributed by atoms with Crippen LogP contribution in [-0.2, 0) is 13.0 Å². The summed E-state index contributed by atoms with van der Waals surface area (Å²) in [5.41, 5.74) is 7.01. The Morgan fingerprint density at radius 2 is 2.25 bits per heavy atom. The van der Waals surface area contributed by atoms with E-state index in [1.807, 2.05) is 23.8 Å². The third-order valence-corrected chi connectivity index (χ3v) is 3.21. The fourth-order valence-corrected chi connectivity index (χ4v) is 2.06. The molecule has 5 heteroatoms. The smallest absolute Gasteiger partial charge is 0.124 e. The molecule has 1 aromatic heterocycles. The topological polar surface area (TPSA) is 67.6 Å². The zero-order chi connectivity index (χ0) is 14.5. The molecular formula is C15H17FN4. The summed E-state index contributed by atoms with van der Waals surface area (Å²) in [5.74, 6) is 0.480. The summed E-state index contributed by atoms with van der Waals surface area (Å²) < 4.78 is 15.3. The van der Waals surface area contributed by atoms with E-state index in [1.165, 1.54) is 12.1 Å². The normalized spacial score (nSPS) is 12.1. The van der Waals surface area contributed by atoms with Gasteiger partial charge in [0.1, 0.15) is 11.6 Å². The predicted molar refractivity (Wildman–Crippen MR) is 74.4 cm³/mol. The lowest BCUT2D eigenvalue weighted by Crippen LogP contribution is -2.23. The molecular weight excluding hydrogens is 255 g/mol. The SMILES string of the molecule is CCC(N)Cc1nccn1Cc1cc(F)cc(C#N)c1. The Labute approximate surface area is 117 Å². The van der Waals surface area contributed by atoms with Crippen molar-refractivity contribution in [3.8, 4) is 6.07 Å². The van der Waals surface area contributed by atoms with Crippen molar-refractivity contribution in [3.63, 3.8) is 0 Å². The minimum absolute atomic E-state index is 0.0679. The van der Waals surface area contributed by atoms with Crippen LogP contribution in [0.25, 0.3) is 0 Å². The second-order valence-electron chi connectivity index (χ2n) is 4.80. The van der Waals surface area contributed by atoms with Crippen molar-refractivity contribution >= 4 is 0 Å². The van der Waals surface area contributed by atoms with Crippen molar-refractivity contribution in [2.45, 2.75) is 32.4 Å². The number of aromatic nitrogens is 2. The largest absolute Gasteiger partial charge is 0.330 e. The van der Waals surface area contributed by atoms with Crippen LogP contribution in [0.3, 0.4) is 0 Å². The molecule has 0 bridgehead atoms. The molecule has 0 radical (unpaired) electrons. The maximum Gasteiger partial charge on any atom is 0.124 e. The molecule has 4 nitrogen and oxygen atoms in total. The highest BCUT2D eigenvalue weighted by Crippen LogP contribution is 2.12. The lowest BCUT2D eigenvalue weighted by molar-refractivity contribution is 0.594. The van der Waals surface area contributed by atoms with Crippen molar-refractivity contribution in [2.75, 3.05) is 0 Å². The average molecular weight is 272 g/mol. The quantitative estimate of drug-likeness (QED) is 0.907. The molecule has 1 unspecified atom stereocenters. The Balaban J connectivity index is 2.20. The molecule has 0 aliphatic rings. The molecule has 0 fully saturated rings. The van der Waals surface area contributed by atoms with Crippen molar-refractivity contribution < 1.29 is 4.39 Å². The van der Waals surface area contributed by atoms with Crippen LogP contribution >= 0.6 is 0 Å². The van der Waals surface area contributed by atoms with E-state index in [-0.39, 0.29) is 6.04 Å². The average Bonchev–Trinajstić information content (AvgIpc) is 2.85. The van der Waals surface area contributed by atoms with Crippen LogP contribution in [0.4, 0.5) is 4.39 Å². The van der Waals surface area contributed by atoms with Crippen LogP contribution in [0.2, 0.25) is 0 Å². The standard InChI is InChI=1S/C15H17FN4/c1-2-14(18)8-15-19-3-4-20(15)10-12-5-11(9-17)6-13(16)7-12/h3-7,14H,2,8,10,18H2,1H3. The molecule has 2 aromatic rings. The summed E-state index contributed by atoms with van der Waals surface area (Å²) in [5, 5.41) is 8.87. The van der Waals surface area contributed by atoms with Gasteiger partial charge >= 0.3 is 0 Å². The minimum Gasteiger partial charge on any atom is -0.330 e. The van der Waals surface area contributed by atoms with E-state index in [0.717, 1.165) is 17.8 Å². The summed E-state index contributed by atoms with van der Waals surface area (Å²) in [7, 11) is 0. The van der Waals surface area contributed by atoms with Gasteiger partial charge in [-0.1, -0.05) is 6.92 Å². The van der Waals surface area contributed by atoms with Gasteiger partial charge in [-0.3, -0.25) is 0 Å². The van der Waals surface area contributed by atoms with Gasteiger partial charge in [0, 0.05) is 31.4 Å². The zero-order valence-electron chi connectivity index (χ0n) is 11.4. The van der Waals surface area contributed by atoms with Gasteiger partial charge in [-0.2, -0.15) is 5.26 Å². The molecule has 1 atom stereocenters. The highest BCUT2D eigenvalue weighted by atomic mass is 19.1. The maximum absolute atomic E-state index is 13.4. The monoisotopic (exact) mass is 272 g/mol. The molecule has 0 aliphatic heterocycles. The summed E-state index contributed by atoms with van der Waals surface area (Å²) in [4.78, 5) is 4.29. The first kappa shape index (κ1) is 14.2. The van der Waals surface area contributed by atoms with E-state index in [0.29, 0.717) is 18.5 Å². The van der Waals surface area contributed by atoms with Gasteiger partial charge in [-0.05, 0) is 30.2 Å². The van der Waals surface area contributed by atoms with Gasteiger partial charge < -0.3 is 10.3 Å². The third-order valence-electron chi connectivity index (χ3n) is 3.21. The fraction of sp³-hybridized carbons (Fsp3) is 0.333. The van der Waals surface area contributed by atoms with Gasteiger partial charge in [0.25, 0.3) is 0 Å². The summed E-state index contributed by atoms with van der Waals surface area (Å²) >= 11 is 0. The number of nitrogens with two attached hydrogens (primary N) is 1. The molecule has 0 amide bonds. The van der Waals surface area contributed by atoms with Crippen LogP contribution in [0, 0.1) is 17.1 Å². The molecule has 1 aromatic carbocycles. The summed E-state index contributed by atoms with van der Waals surface area (Å²) in [6, 6.07) is 6.38. The first-order valence-corrected chi connectivity index (χ1v) is 6.57. The Bertz CT molecular complexity index is 627. The Morgan fingerprint density at radius 1 is 1.45 bits per heavy atom. The number of nitrogens with zero attached hydrogens (tertiary/aromatic N) is 3. The molecule has 2 rings (SSSR count). The second-order valence-corrected chi connectivity index (χ2v) is 4.80. The van der Waals surface area contributed by atoms with Crippen molar-refractivity contribution in [1.82, 2.24) is 9.55 Å². The molecule has 20 heavy (non-hydrogen) atoms. The van der Waals surface area contributed by atoms with Crippen LogP contribution in [0.15, 0.2) is 30.6 Å². The van der Waals surface area contributed by atoms with Crippen LogP contribution in [0.5, 0.6) is 0 Å². The van der Waals surface area contributed by atoms with E-state index in [2.05, 4.69) is 4.98 Å². The third kappa shape index (κ3) is 3.43. The Hall–Kier alpha value is -2.19. The van der Waals surface area contributed by atoms with Gasteiger partial charge in [-0.15, -0.1) is 0 Å². The number of benzene rings is 1. The van der Waals surface area contributed by atoms with Gasteiger partial charge in [0.05, 0.1) is 11.6 Å². The lowest BCUT2D eigenvalue weighted by Gasteiger charge is -2.11. The predicted octanol–water partition coefficient (Wildman–Crippen LogP) is 2.22.